The van der Waals surface area contributed by atoms with Crippen molar-refractivity contribution in [3.05, 3.63) is 23.2 Å². The van der Waals surface area contributed by atoms with E-state index in [0.717, 1.165) is 0 Å². The molecule has 1 aliphatic heterocycles. The number of rotatable bonds is 3. The van der Waals surface area contributed by atoms with Crippen molar-refractivity contribution in [3.8, 4) is 5.75 Å². The van der Waals surface area contributed by atoms with Crippen LogP contribution in [0.25, 0.3) is 0 Å². The molecule has 5 nitrogen and oxygen atoms in total. The van der Waals surface area contributed by atoms with Crippen LogP contribution in [0.1, 0.15) is 0 Å². The summed E-state index contributed by atoms with van der Waals surface area (Å²) in [5.41, 5.74) is 0.570. The Bertz CT molecular complexity index is 510. The van der Waals surface area contributed by atoms with Gasteiger partial charge >= 0.3 is 0 Å². The van der Waals surface area contributed by atoms with Crippen molar-refractivity contribution in [2.24, 2.45) is 0 Å². The molecule has 0 aliphatic carbocycles. The molecular weight excluding hydrogens is 288 g/mol. The van der Waals surface area contributed by atoms with E-state index < -0.39 is 6.04 Å². The van der Waals surface area contributed by atoms with Crippen molar-refractivity contribution in [3.63, 3.8) is 0 Å². The van der Waals surface area contributed by atoms with Gasteiger partial charge in [0.25, 0.3) is 0 Å². The number of anilines is 1. The predicted molar refractivity (Wildman–Crippen MR) is 75.9 cm³/mol. The maximum Gasteiger partial charge on any atom is 0.247 e. The van der Waals surface area contributed by atoms with E-state index in [1.165, 1.54) is 18.9 Å². The van der Waals surface area contributed by atoms with E-state index in [4.69, 9.17) is 16.3 Å². The highest BCUT2D eigenvalue weighted by molar-refractivity contribution is 8.00. The molecule has 7 heteroatoms. The summed E-state index contributed by atoms with van der Waals surface area (Å²) in [5, 5.41) is 5.78. The van der Waals surface area contributed by atoms with Crippen LogP contribution in [0.15, 0.2) is 18.2 Å². The summed E-state index contributed by atoms with van der Waals surface area (Å²) in [7, 11) is 1.52. The number of methoxy groups -OCH3 is 1. The molecule has 1 heterocycles. The first-order valence-corrected chi connectivity index (χ1v) is 7.15. The third-order valence-corrected chi connectivity index (χ3v) is 3.92. The quantitative estimate of drug-likeness (QED) is 0.888. The minimum absolute atomic E-state index is 0.121. The summed E-state index contributed by atoms with van der Waals surface area (Å²) in [6.45, 7) is 0. The number of hydrogen-bond acceptors (Lipinski definition) is 4. The van der Waals surface area contributed by atoms with E-state index in [1.54, 1.807) is 18.2 Å². The minimum Gasteiger partial charge on any atom is -0.495 e. The molecule has 0 saturated carbocycles. The fraction of sp³-hybridized carbons (Fsp3) is 0.333. The van der Waals surface area contributed by atoms with Crippen LogP contribution in [-0.2, 0) is 9.59 Å². The van der Waals surface area contributed by atoms with Gasteiger partial charge in [0.15, 0.2) is 0 Å². The molecule has 0 spiro atoms. The lowest BCUT2D eigenvalue weighted by atomic mass is 10.2. The number of carbonyl (C=O) groups excluding carboxylic acids is 2. The summed E-state index contributed by atoms with van der Waals surface area (Å²) in [4.78, 5) is 23.2. The zero-order chi connectivity index (χ0) is 13.8. The van der Waals surface area contributed by atoms with Gasteiger partial charge in [-0.1, -0.05) is 11.6 Å². The number of amides is 2. The molecule has 0 bridgehead atoms. The summed E-state index contributed by atoms with van der Waals surface area (Å²) in [5.74, 6) is 1.15. The summed E-state index contributed by atoms with van der Waals surface area (Å²) in [6.07, 6.45) is 0. The Morgan fingerprint density at radius 1 is 1.58 bits per heavy atom. The molecule has 1 aliphatic rings. The number of ether oxygens (including phenoxy) is 1. The second kappa shape index (κ2) is 6.16. The normalized spacial score (nSPS) is 18.6. The zero-order valence-corrected chi connectivity index (χ0v) is 11.8. The lowest BCUT2D eigenvalue weighted by Gasteiger charge is -2.22. The largest absolute Gasteiger partial charge is 0.495 e. The molecule has 1 unspecified atom stereocenters. The first kappa shape index (κ1) is 14.0. The molecule has 1 saturated heterocycles. The molecule has 0 radical (unpaired) electrons. The number of thioether (sulfide) groups is 1. The molecule has 0 aromatic heterocycles. The third-order valence-electron chi connectivity index (χ3n) is 2.59. The SMILES string of the molecule is COc1ccc(NC(=O)C2CSCC(=O)N2)cc1Cl. The number of carbonyl (C=O) groups is 2. The van der Waals surface area contributed by atoms with Gasteiger partial charge in [-0.05, 0) is 18.2 Å². The molecule has 1 atom stereocenters. The van der Waals surface area contributed by atoms with Crippen molar-refractivity contribution in [1.82, 2.24) is 5.32 Å². The van der Waals surface area contributed by atoms with Gasteiger partial charge in [0.2, 0.25) is 11.8 Å². The van der Waals surface area contributed by atoms with Crippen LogP contribution in [0, 0.1) is 0 Å². The van der Waals surface area contributed by atoms with E-state index in [-0.39, 0.29) is 11.8 Å². The Balaban J connectivity index is 2.02. The Labute approximate surface area is 120 Å². The maximum atomic E-state index is 12.0. The van der Waals surface area contributed by atoms with Crippen LogP contribution in [-0.4, -0.2) is 36.5 Å². The monoisotopic (exact) mass is 300 g/mol. The van der Waals surface area contributed by atoms with E-state index >= 15 is 0 Å². The molecule has 2 N–H and O–H groups in total. The van der Waals surface area contributed by atoms with Crippen molar-refractivity contribution in [2.75, 3.05) is 23.9 Å². The van der Waals surface area contributed by atoms with Gasteiger partial charge in [-0.25, -0.2) is 0 Å². The van der Waals surface area contributed by atoms with Gasteiger partial charge in [0.05, 0.1) is 17.9 Å². The molecule has 1 fully saturated rings. The van der Waals surface area contributed by atoms with Gasteiger partial charge in [0, 0.05) is 11.4 Å². The lowest BCUT2D eigenvalue weighted by molar-refractivity contribution is -0.124. The Kier molecular flexibility index (Phi) is 4.55. The van der Waals surface area contributed by atoms with Crippen LogP contribution < -0.4 is 15.4 Å². The standard InChI is InChI=1S/C12H13ClN2O3S/c1-18-10-3-2-7(4-8(10)13)14-12(17)9-5-19-6-11(16)15-9/h2-4,9H,5-6H2,1H3,(H,14,17)(H,15,16). The molecule has 1 aromatic rings. The highest BCUT2D eigenvalue weighted by atomic mass is 35.5. The summed E-state index contributed by atoms with van der Waals surface area (Å²) >= 11 is 7.41. The Morgan fingerprint density at radius 2 is 2.37 bits per heavy atom. The highest BCUT2D eigenvalue weighted by Gasteiger charge is 2.25. The van der Waals surface area contributed by atoms with Gasteiger partial charge in [-0.3, -0.25) is 9.59 Å². The van der Waals surface area contributed by atoms with Crippen molar-refractivity contribution < 1.29 is 14.3 Å². The van der Waals surface area contributed by atoms with Crippen molar-refractivity contribution in [1.29, 1.82) is 0 Å². The molecule has 2 rings (SSSR count). The van der Waals surface area contributed by atoms with Crippen molar-refractivity contribution >= 4 is 40.9 Å². The van der Waals surface area contributed by atoms with Crippen LogP contribution in [0.5, 0.6) is 5.75 Å². The van der Waals surface area contributed by atoms with Crippen LogP contribution >= 0.6 is 23.4 Å². The Hall–Kier alpha value is -1.40. The van der Waals surface area contributed by atoms with E-state index in [2.05, 4.69) is 10.6 Å². The van der Waals surface area contributed by atoms with E-state index in [0.29, 0.717) is 28.0 Å². The molecular formula is C12H13ClN2O3S. The van der Waals surface area contributed by atoms with E-state index in [1.807, 2.05) is 0 Å². The average molecular weight is 301 g/mol. The molecule has 102 valence electrons. The highest BCUT2D eigenvalue weighted by Crippen LogP contribution is 2.27. The summed E-state index contributed by atoms with van der Waals surface area (Å²) < 4.78 is 5.03. The Morgan fingerprint density at radius 3 is 3.00 bits per heavy atom. The molecule has 1 aromatic carbocycles. The number of hydrogen-bond donors (Lipinski definition) is 2. The van der Waals surface area contributed by atoms with Crippen LogP contribution in [0.3, 0.4) is 0 Å². The smallest absolute Gasteiger partial charge is 0.247 e. The van der Waals surface area contributed by atoms with Gasteiger partial charge < -0.3 is 15.4 Å². The van der Waals surface area contributed by atoms with Gasteiger partial charge in [0.1, 0.15) is 11.8 Å². The number of benzene rings is 1. The topological polar surface area (TPSA) is 67.4 Å². The second-order valence-electron chi connectivity index (χ2n) is 3.97. The minimum atomic E-state index is -0.507. The van der Waals surface area contributed by atoms with Crippen LogP contribution in [0.4, 0.5) is 5.69 Å². The molecule has 2 amide bonds. The first-order valence-electron chi connectivity index (χ1n) is 5.61. The number of halogens is 1. The van der Waals surface area contributed by atoms with Crippen molar-refractivity contribution in [2.45, 2.75) is 6.04 Å². The number of nitrogens with one attached hydrogen (secondary N) is 2. The third kappa shape index (κ3) is 3.54. The molecule has 19 heavy (non-hydrogen) atoms. The maximum absolute atomic E-state index is 12.0. The fourth-order valence-electron chi connectivity index (χ4n) is 1.66. The first-order chi connectivity index (χ1) is 9.10. The lowest BCUT2D eigenvalue weighted by Crippen LogP contribution is -2.49. The fourth-order valence-corrected chi connectivity index (χ4v) is 2.78. The average Bonchev–Trinajstić information content (AvgIpc) is 2.39. The van der Waals surface area contributed by atoms with Gasteiger partial charge in [-0.15, -0.1) is 11.8 Å². The van der Waals surface area contributed by atoms with Crippen LogP contribution in [0.2, 0.25) is 5.02 Å². The second-order valence-corrected chi connectivity index (χ2v) is 5.41. The zero-order valence-electron chi connectivity index (χ0n) is 10.2. The van der Waals surface area contributed by atoms with E-state index in [9.17, 15) is 9.59 Å². The van der Waals surface area contributed by atoms with Gasteiger partial charge in [-0.2, -0.15) is 0 Å². The summed E-state index contributed by atoms with van der Waals surface area (Å²) in [6, 6.07) is 4.47. The predicted octanol–water partition coefficient (Wildman–Crippen LogP) is 1.52.